The first kappa shape index (κ1) is 19.2. The number of carboxylic acids is 1. The van der Waals surface area contributed by atoms with Gasteiger partial charge in [-0.1, -0.05) is 0 Å². The molecule has 0 bridgehead atoms. The fourth-order valence-electron chi connectivity index (χ4n) is 2.93. The third-order valence-corrected chi connectivity index (χ3v) is 4.37. The van der Waals surface area contributed by atoms with Crippen LogP contribution in [0.15, 0.2) is 27.4 Å². The number of aliphatic hydroxyl groups excluding tert-OH is 3. The largest absolute Gasteiger partial charge is 0.479 e. The summed E-state index contributed by atoms with van der Waals surface area (Å²) in [6, 6.07) is 4.08. The number of carboxylic acid groups (broad SMARTS) is 1. The van der Waals surface area contributed by atoms with Crippen molar-refractivity contribution in [2.45, 2.75) is 44.3 Å². The summed E-state index contributed by atoms with van der Waals surface area (Å²) in [5.41, 5.74) is -0.330. The van der Waals surface area contributed by atoms with Gasteiger partial charge in [0.1, 0.15) is 36.3 Å². The first-order valence-electron chi connectivity index (χ1n) is 7.96. The second-order valence-corrected chi connectivity index (χ2v) is 6.15. The molecule has 0 radical (unpaired) electrons. The zero-order valence-corrected chi connectivity index (χ0v) is 14.0. The fourth-order valence-corrected chi connectivity index (χ4v) is 2.93. The topological polar surface area (TPSA) is 147 Å². The summed E-state index contributed by atoms with van der Waals surface area (Å²) in [6.07, 6.45) is -9.11. The summed E-state index contributed by atoms with van der Waals surface area (Å²) in [6.45, 7) is 0.556. The van der Waals surface area contributed by atoms with Crippen LogP contribution < -0.4 is 10.4 Å². The lowest BCUT2D eigenvalue weighted by Gasteiger charge is -2.38. The van der Waals surface area contributed by atoms with Crippen molar-refractivity contribution in [1.82, 2.24) is 0 Å². The Kier molecular flexibility index (Phi) is 5.16. The van der Waals surface area contributed by atoms with E-state index in [0.29, 0.717) is 10.9 Å². The Labute approximate surface area is 151 Å². The van der Waals surface area contributed by atoms with E-state index in [9.17, 15) is 29.3 Å². The Balaban J connectivity index is 2.00. The van der Waals surface area contributed by atoms with Gasteiger partial charge < -0.3 is 34.3 Å². The number of alkyl halides is 1. The second-order valence-electron chi connectivity index (χ2n) is 6.15. The van der Waals surface area contributed by atoms with Gasteiger partial charge in [0.15, 0.2) is 6.10 Å². The maximum absolute atomic E-state index is 13.6. The van der Waals surface area contributed by atoms with Crippen molar-refractivity contribution in [3.8, 4) is 5.75 Å². The molecule has 3 rings (SSSR count). The molecule has 4 N–H and O–H groups in total. The van der Waals surface area contributed by atoms with Crippen LogP contribution in [-0.4, -0.2) is 57.1 Å². The zero-order valence-electron chi connectivity index (χ0n) is 14.0. The first-order valence-corrected chi connectivity index (χ1v) is 7.96. The van der Waals surface area contributed by atoms with Crippen molar-refractivity contribution in [3.63, 3.8) is 0 Å². The number of hydrogen-bond acceptors (Lipinski definition) is 8. The Hall–Kier alpha value is -2.53. The number of aryl methyl sites for hydroxylation is 1. The first-order chi connectivity index (χ1) is 12.7. The fraction of sp³-hybridized carbons (Fsp3) is 0.412. The third kappa shape index (κ3) is 3.39. The van der Waals surface area contributed by atoms with Crippen molar-refractivity contribution in [2.24, 2.45) is 0 Å². The number of ether oxygens (including phenoxy) is 2. The number of aliphatic carboxylic acids is 1. The van der Waals surface area contributed by atoms with E-state index in [-0.39, 0.29) is 16.9 Å². The average Bonchev–Trinajstić information content (AvgIpc) is 2.61. The molecule has 1 aromatic carbocycles. The van der Waals surface area contributed by atoms with Crippen molar-refractivity contribution >= 4 is 16.9 Å². The maximum Gasteiger partial charge on any atom is 0.336 e. The monoisotopic (exact) mass is 384 g/mol. The summed E-state index contributed by atoms with van der Waals surface area (Å²) >= 11 is 0. The highest BCUT2D eigenvalue weighted by molar-refractivity contribution is 5.84. The van der Waals surface area contributed by atoms with Crippen LogP contribution >= 0.6 is 0 Å². The molecule has 1 saturated heterocycles. The van der Waals surface area contributed by atoms with Gasteiger partial charge >= 0.3 is 11.6 Å². The number of carbonyl (C=O) groups is 1. The Morgan fingerprint density at radius 2 is 1.93 bits per heavy atom. The third-order valence-electron chi connectivity index (χ3n) is 4.37. The molecule has 0 spiro atoms. The van der Waals surface area contributed by atoms with Crippen LogP contribution in [0.3, 0.4) is 0 Å². The normalized spacial score (nSPS) is 28.3. The van der Waals surface area contributed by atoms with Gasteiger partial charge in [-0.25, -0.2) is 14.0 Å². The molecule has 0 unspecified atom stereocenters. The van der Waals surface area contributed by atoms with Crippen LogP contribution in [0, 0.1) is 6.92 Å². The molecule has 5 atom stereocenters. The lowest BCUT2D eigenvalue weighted by molar-refractivity contribution is -0.271. The molecule has 9 nitrogen and oxygen atoms in total. The molecule has 1 aliphatic rings. The van der Waals surface area contributed by atoms with E-state index in [1.165, 1.54) is 18.2 Å². The highest BCUT2D eigenvalue weighted by Gasteiger charge is 2.48. The average molecular weight is 384 g/mol. The van der Waals surface area contributed by atoms with E-state index in [1.807, 2.05) is 0 Å². The molecule has 0 aliphatic carbocycles. The van der Waals surface area contributed by atoms with Gasteiger partial charge in [0.05, 0.1) is 5.56 Å². The lowest BCUT2D eigenvalue weighted by Crippen LogP contribution is -2.61. The molecule has 2 aromatic rings. The van der Waals surface area contributed by atoms with Crippen molar-refractivity contribution in [2.75, 3.05) is 0 Å². The standard InChI is InChI=1S/C17H17FO9/c1-6-4-10(19)26-14-7(6)2-3-9(8(14)5-18)25-17-13(22)11(20)12(21)15(27-17)16(23)24/h2-4,11-13,15,17,20-22H,5H2,1H3,(H,23,24)/t11-,12-,13+,15-,17+/m0/s1. The summed E-state index contributed by atoms with van der Waals surface area (Å²) in [5.74, 6) is -1.75. The van der Waals surface area contributed by atoms with Gasteiger partial charge in [0.25, 0.3) is 0 Å². The molecular weight excluding hydrogens is 367 g/mol. The summed E-state index contributed by atoms with van der Waals surface area (Å²) in [4.78, 5) is 22.7. The van der Waals surface area contributed by atoms with E-state index in [4.69, 9.17) is 19.0 Å². The molecule has 1 aromatic heterocycles. The highest BCUT2D eigenvalue weighted by Crippen LogP contribution is 2.32. The van der Waals surface area contributed by atoms with Crippen LogP contribution in [0.5, 0.6) is 5.75 Å². The number of hydrogen-bond donors (Lipinski definition) is 4. The van der Waals surface area contributed by atoms with E-state index in [1.54, 1.807) is 6.92 Å². The number of rotatable bonds is 4. The van der Waals surface area contributed by atoms with E-state index in [0.717, 1.165) is 0 Å². The number of fused-ring (bicyclic) bond motifs is 1. The van der Waals surface area contributed by atoms with Crippen LogP contribution in [0.4, 0.5) is 4.39 Å². The van der Waals surface area contributed by atoms with Crippen molar-refractivity contribution in [3.05, 3.63) is 39.7 Å². The van der Waals surface area contributed by atoms with Gasteiger partial charge in [-0.15, -0.1) is 0 Å². The highest BCUT2D eigenvalue weighted by atomic mass is 19.1. The molecule has 0 saturated carbocycles. The minimum absolute atomic E-state index is 0.0549. The smallest absolute Gasteiger partial charge is 0.336 e. The summed E-state index contributed by atoms with van der Waals surface area (Å²) in [7, 11) is 0. The minimum atomic E-state index is -1.88. The zero-order chi connectivity index (χ0) is 19.9. The molecule has 10 heteroatoms. The van der Waals surface area contributed by atoms with Crippen molar-refractivity contribution < 1.29 is 43.5 Å². The molecule has 2 heterocycles. The molecular formula is C17H17FO9. The quantitative estimate of drug-likeness (QED) is 0.528. The van der Waals surface area contributed by atoms with Crippen LogP contribution in [-0.2, 0) is 16.2 Å². The number of benzene rings is 1. The molecule has 1 aliphatic heterocycles. The van der Waals surface area contributed by atoms with Gasteiger partial charge in [-0.3, -0.25) is 0 Å². The summed E-state index contributed by atoms with van der Waals surface area (Å²) in [5, 5.41) is 39.1. The Bertz CT molecular complexity index is 924. The van der Waals surface area contributed by atoms with Crippen LogP contribution in [0.25, 0.3) is 11.0 Å². The van der Waals surface area contributed by atoms with E-state index >= 15 is 0 Å². The molecule has 27 heavy (non-hydrogen) atoms. The predicted molar refractivity (Wildman–Crippen MR) is 87.0 cm³/mol. The number of aliphatic hydroxyl groups is 3. The van der Waals surface area contributed by atoms with Crippen LogP contribution in [0.2, 0.25) is 0 Å². The minimum Gasteiger partial charge on any atom is -0.479 e. The predicted octanol–water partition coefficient (Wildman–Crippen LogP) is -0.158. The lowest BCUT2D eigenvalue weighted by atomic mass is 9.99. The Morgan fingerprint density at radius 1 is 1.22 bits per heavy atom. The van der Waals surface area contributed by atoms with Gasteiger partial charge in [0.2, 0.25) is 6.29 Å². The maximum atomic E-state index is 13.6. The van der Waals surface area contributed by atoms with Gasteiger partial charge in [-0.2, -0.15) is 0 Å². The molecule has 1 fully saturated rings. The van der Waals surface area contributed by atoms with Gasteiger partial charge in [-0.05, 0) is 24.6 Å². The second kappa shape index (κ2) is 7.24. The van der Waals surface area contributed by atoms with E-state index < -0.39 is 49.0 Å². The Morgan fingerprint density at radius 3 is 2.56 bits per heavy atom. The van der Waals surface area contributed by atoms with Crippen LogP contribution in [0.1, 0.15) is 11.1 Å². The van der Waals surface area contributed by atoms with Gasteiger partial charge in [0, 0.05) is 11.5 Å². The molecule has 146 valence electrons. The SMILES string of the molecule is Cc1cc(=O)oc2c(CF)c(O[C@@H]3O[C@H](C(=O)O)[C@@H](O)[C@H](O)[C@H]3O)ccc12. The van der Waals surface area contributed by atoms with E-state index in [2.05, 4.69) is 0 Å². The number of halogens is 1. The van der Waals surface area contributed by atoms with Crippen molar-refractivity contribution in [1.29, 1.82) is 0 Å². The summed E-state index contributed by atoms with van der Waals surface area (Å²) < 4.78 is 29.1. The molecule has 0 amide bonds.